The smallest absolute Gasteiger partial charge is 0.308 e. The average Bonchev–Trinajstić information content (AvgIpc) is 2.63. The van der Waals surface area contributed by atoms with Crippen LogP contribution in [0.1, 0.15) is 98.3 Å². The number of phenols is 1. The monoisotopic (exact) mass is 492 g/mol. The van der Waals surface area contributed by atoms with Crippen molar-refractivity contribution in [2.75, 3.05) is 7.11 Å². The van der Waals surface area contributed by atoms with E-state index in [1.807, 2.05) is 12.1 Å². The fourth-order valence-corrected chi connectivity index (χ4v) is 4.99. The van der Waals surface area contributed by atoms with Crippen LogP contribution in [0.15, 0.2) is 12.1 Å². The molecule has 0 saturated carbocycles. The van der Waals surface area contributed by atoms with Crippen molar-refractivity contribution < 1.29 is 23.9 Å². The van der Waals surface area contributed by atoms with E-state index in [-0.39, 0.29) is 40.5 Å². The summed E-state index contributed by atoms with van der Waals surface area (Å²) in [6.45, 7) is 23.2. The maximum Gasteiger partial charge on any atom is 0.308 e. The Bertz CT molecular complexity index is 831. The number of benzene rings is 1. The van der Waals surface area contributed by atoms with E-state index in [0.29, 0.717) is 18.6 Å². The lowest BCUT2D eigenvalue weighted by Crippen LogP contribution is -2.45. The summed E-state index contributed by atoms with van der Waals surface area (Å²) in [4.78, 5) is 25.0. The fraction of sp³-hybridized carbons (Fsp3) is 0.714. The zero-order valence-corrected chi connectivity index (χ0v) is 24.6. The number of Topliss-reactive ketones (excluding diaryl/α,β-unsaturated/α-hetero) is 1. The van der Waals surface area contributed by atoms with Gasteiger partial charge in [-0.05, 0) is 52.1 Å². The van der Waals surface area contributed by atoms with Crippen LogP contribution < -0.4 is 0 Å². The van der Waals surface area contributed by atoms with Crippen molar-refractivity contribution in [2.24, 2.45) is 0 Å². The molecule has 0 fully saturated rings. The van der Waals surface area contributed by atoms with Crippen LogP contribution in [0.5, 0.6) is 5.75 Å². The molecule has 6 heteroatoms. The predicted octanol–water partition coefficient (Wildman–Crippen LogP) is 6.83. The molecule has 0 aromatic heterocycles. The topological polar surface area (TPSA) is 72.8 Å². The summed E-state index contributed by atoms with van der Waals surface area (Å²) in [5.74, 6) is 0.0472. The third-order valence-corrected chi connectivity index (χ3v) is 11.4. The van der Waals surface area contributed by atoms with Crippen LogP contribution >= 0.6 is 0 Å². The Balaban J connectivity index is 3.09. The minimum atomic E-state index is -2.15. The summed E-state index contributed by atoms with van der Waals surface area (Å²) >= 11 is 0. The highest BCUT2D eigenvalue weighted by Crippen LogP contribution is 2.40. The molecule has 0 aliphatic carbocycles. The van der Waals surface area contributed by atoms with Crippen molar-refractivity contribution in [3.05, 3.63) is 28.8 Å². The highest BCUT2D eigenvalue weighted by atomic mass is 28.4. The number of esters is 1. The highest BCUT2D eigenvalue weighted by molar-refractivity contribution is 6.74. The molecule has 1 aromatic carbocycles. The van der Waals surface area contributed by atoms with Crippen molar-refractivity contribution in [3.8, 4) is 5.75 Å². The van der Waals surface area contributed by atoms with Crippen molar-refractivity contribution in [1.29, 1.82) is 0 Å². The van der Waals surface area contributed by atoms with Gasteiger partial charge in [-0.3, -0.25) is 9.59 Å². The van der Waals surface area contributed by atoms with E-state index >= 15 is 0 Å². The summed E-state index contributed by atoms with van der Waals surface area (Å²) in [7, 11) is -0.793. The number of phenolic OH excluding ortho intramolecular Hbond substituents is 1. The van der Waals surface area contributed by atoms with Gasteiger partial charge >= 0.3 is 5.97 Å². The van der Waals surface area contributed by atoms with E-state index in [1.54, 1.807) is 0 Å². The molecule has 1 N–H and O–H groups in total. The minimum Gasteiger partial charge on any atom is -0.507 e. The van der Waals surface area contributed by atoms with Gasteiger partial charge in [-0.15, -0.1) is 0 Å². The lowest BCUT2D eigenvalue weighted by atomic mass is 9.78. The Kier molecular flexibility index (Phi) is 9.77. The Hall–Kier alpha value is -1.66. The van der Waals surface area contributed by atoms with Gasteiger partial charge < -0.3 is 14.3 Å². The normalized spacial score (nSPS) is 14.1. The van der Waals surface area contributed by atoms with Gasteiger partial charge in [0.2, 0.25) is 0 Å². The number of hydrogen-bond acceptors (Lipinski definition) is 5. The van der Waals surface area contributed by atoms with Gasteiger partial charge in [0, 0.05) is 12.8 Å². The van der Waals surface area contributed by atoms with Gasteiger partial charge in [-0.2, -0.15) is 0 Å². The van der Waals surface area contributed by atoms with Crippen LogP contribution in [-0.2, 0) is 36.0 Å². The molecule has 0 aliphatic rings. The Labute approximate surface area is 208 Å². The maximum atomic E-state index is 13.0. The summed E-state index contributed by atoms with van der Waals surface area (Å²) in [6, 6.07) is 4.05. The summed E-state index contributed by atoms with van der Waals surface area (Å²) in [6.07, 6.45) is 0.733. The van der Waals surface area contributed by atoms with E-state index in [0.717, 1.165) is 16.7 Å². The molecule has 5 nitrogen and oxygen atoms in total. The molecule has 0 amide bonds. The van der Waals surface area contributed by atoms with E-state index in [4.69, 9.17) is 9.16 Å². The average molecular weight is 493 g/mol. The Morgan fingerprint density at radius 3 is 1.76 bits per heavy atom. The predicted molar refractivity (Wildman–Crippen MR) is 142 cm³/mol. The number of ether oxygens (including phenoxy) is 1. The van der Waals surface area contributed by atoms with Crippen LogP contribution in [0, 0.1) is 0 Å². The lowest BCUT2D eigenvalue weighted by Gasteiger charge is -2.39. The molecular formula is C28H48O5Si. The highest BCUT2D eigenvalue weighted by Gasteiger charge is 2.40. The second-order valence-corrected chi connectivity index (χ2v) is 17.8. The van der Waals surface area contributed by atoms with Crippen molar-refractivity contribution in [2.45, 2.75) is 123 Å². The molecule has 34 heavy (non-hydrogen) atoms. The molecule has 1 aromatic rings. The van der Waals surface area contributed by atoms with Gasteiger partial charge in [-0.25, -0.2) is 0 Å². The number of aryl methyl sites for hydroxylation is 1. The number of ketones is 1. The number of hydrogen-bond donors (Lipinski definition) is 1. The molecule has 0 spiro atoms. The minimum absolute atomic E-state index is 0.0246. The first-order valence-corrected chi connectivity index (χ1v) is 15.2. The van der Waals surface area contributed by atoms with Crippen molar-refractivity contribution in [1.82, 2.24) is 0 Å². The molecule has 1 rings (SSSR count). The number of aromatic hydroxyl groups is 1. The number of carbonyl (C=O) groups is 2. The second kappa shape index (κ2) is 10.9. The van der Waals surface area contributed by atoms with Crippen molar-refractivity contribution in [3.63, 3.8) is 0 Å². The zero-order chi connectivity index (χ0) is 26.7. The molecule has 0 heterocycles. The maximum absolute atomic E-state index is 13.0. The summed E-state index contributed by atoms with van der Waals surface area (Å²) in [5, 5.41) is 10.9. The third kappa shape index (κ3) is 8.53. The third-order valence-electron chi connectivity index (χ3n) is 6.82. The van der Waals surface area contributed by atoms with E-state index in [1.165, 1.54) is 7.11 Å². The zero-order valence-electron chi connectivity index (χ0n) is 23.6. The second-order valence-electron chi connectivity index (χ2n) is 13.1. The number of rotatable bonds is 9. The van der Waals surface area contributed by atoms with Crippen LogP contribution in [0.4, 0.5) is 0 Å². The van der Waals surface area contributed by atoms with Crippen LogP contribution in [0.3, 0.4) is 0 Å². The van der Waals surface area contributed by atoms with Crippen molar-refractivity contribution >= 4 is 20.1 Å². The van der Waals surface area contributed by atoms with Crippen LogP contribution in [0.2, 0.25) is 18.1 Å². The first-order chi connectivity index (χ1) is 15.2. The fourth-order valence-electron chi connectivity index (χ4n) is 3.64. The van der Waals surface area contributed by atoms with Crippen LogP contribution in [0.25, 0.3) is 0 Å². The van der Waals surface area contributed by atoms with E-state index < -0.39 is 14.4 Å². The quantitative estimate of drug-likeness (QED) is 0.302. The first-order valence-electron chi connectivity index (χ1n) is 12.3. The largest absolute Gasteiger partial charge is 0.507 e. The Morgan fingerprint density at radius 2 is 1.38 bits per heavy atom. The van der Waals surface area contributed by atoms with Crippen LogP contribution in [-0.4, -0.2) is 38.4 Å². The van der Waals surface area contributed by atoms with E-state index in [2.05, 4.69) is 75.4 Å². The molecule has 0 radical (unpaired) electrons. The van der Waals surface area contributed by atoms with Gasteiger partial charge in [0.15, 0.2) is 8.32 Å². The van der Waals surface area contributed by atoms with Gasteiger partial charge in [0.05, 0.1) is 19.6 Å². The molecule has 0 aliphatic heterocycles. The van der Waals surface area contributed by atoms with Gasteiger partial charge in [0.25, 0.3) is 0 Å². The lowest BCUT2D eigenvalue weighted by molar-refractivity contribution is -0.142. The number of carbonyl (C=O) groups excluding carboxylic acids is 2. The molecule has 194 valence electrons. The Morgan fingerprint density at radius 1 is 0.912 bits per heavy atom. The molecule has 0 unspecified atom stereocenters. The molecule has 0 saturated heterocycles. The standard InChI is InChI=1S/C28H48O5Si/c1-26(2,3)22-15-19(16-23(25(22)31)27(4,5)6)13-14-20(29)17-21(18-24(30)32-10)33-34(11,12)28(7,8)9/h15-16,21,31H,13-14,17-18H2,1-12H3/t21-/m1/s1. The summed E-state index contributed by atoms with van der Waals surface area (Å²) < 4.78 is 11.3. The number of methoxy groups -OCH3 is 1. The van der Waals surface area contributed by atoms with Gasteiger partial charge in [0.1, 0.15) is 11.5 Å². The molecular weight excluding hydrogens is 444 g/mol. The molecule has 1 atom stereocenters. The summed E-state index contributed by atoms with van der Waals surface area (Å²) in [5.41, 5.74) is 2.40. The molecule has 0 bridgehead atoms. The SMILES string of the molecule is COC(=O)C[C@@H](CC(=O)CCc1cc(C(C)(C)C)c(O)c(C(C)(C)C)c1)O[Si](C)(C)C(C)(C)C. The van der Waals surface area contributed by atoms with Gasteiger partial charge in [-0.1, -0.05) is 74.4 Å². The van der Waals surface area contributed by atoms with E-state index in [9.17, 15) is 14.7 Å². The first kappa shape index (κ1) is 30.4.